The number of H-pyrrole nitrogens is 1. The summed E-state index contributed by atoms with van der Waals surface area (Å²) in [6.45, 7) is 0. The first-order chi connectivity index (χ1) is 11.8. The quantitative estimate of drug-likeness (QED) is 0.455. The van der Waals surface area contributed by atoms with Crippen molar-refractivity contribution in [2.24, 2.45) is 4.99 Å². The maximum absolute atomic E-state index is 4.64. The first-order valence-electron chi connectivity index (χ1n) is 7.63. The zero-order valence-corrected chi connectivity index (χ0v) is 14.4. The fraction of sp³-hybridized carbons (Fsp3) is 0. The van der Waals surface area contributed by atoms with Crippen LogP contribution in [-0.4, -0.2) is 16.2 Å². The van der Waals surface area contributed by atoms with Crippen LogP contribution in [0, 0.1) is 0 Å². The van der Waals surface area contributed by atoms with Crippen molar-refractivity contribution in [3.05, 3.63) is 82.8 Å². The summed E-state index contributed by atoms with van der Waals surface area (Å²) in [5.74, 6) is 0.875. The van der Waals surface area contributed by atoms with Gasteiger partial charge in [0.2, 0.25) is 0 Å². The first-order valence-corrected chi connectivity index (χ1v) is 8.42. The molecule has 0 atom stereocenters. The number of nitrogens with zero attached hydrogens (tertiary/aromatic N) is 2. The monoisotopic (exact) mass is 375 g/mol. The van der Waals surface area contributed by atoms with Gasteiger partial charge in [-0.15, -0.1) is 0 Å². The van der Waals surface area contributed by atoms with Crippen LogP contribution in [0.1, 0.15) is 5.56 Å². The van der Waals surface area contributed by atoms with Crippen LogP contribution in [0.4, 0.5) is 5.69 Å². The van der Waals surface area contributed by atoms with Crippen molar-refractivity contribution in [1.82, 2.24) is 9.97 Å². The van der Waals surface area contributed by atoms with Crippen molar-refractivity contribution in [2.75, 3.05) is 0 Å². The van der Waals surface area contributed by atoms with Crippen molar-refractivity contribution >= 4 is 38.9 Å². The molecule has 1 aromatic heterocycles. The van der Waals surface area contributed by atoms with Crippen molar-refractivity contribution in [3.8, 4) is 11.4 Å². The van der Waals surface area contributed by atoms with E-state index in [1.165, 1.54) is 0 Å². The van der Waals surface area contributed by atoms with Crippen molar-refractivity contribution in [2.45, 2.75) is 0 Å². The molecule has 0 amide bonds. The molecule has 4 heteroatoms. The molecular formula is C20H14BrN3. The van der Waals surface area contributed by atoms with Crippen molar-refractivity contribution in [1.29, 1.82) is 0 Å². The van der Waals surface area contributed by atoms with Gasteiger partial charge in [0.05, 0.1) is 16.7 Å². The number of fused-ring (bicyclic) bond motifs is 1. The summed E-state index contributed by atoms with van der Waals surface area (Å²) < 4.78 is 1.06. The average Bonchev–Trinajstić information content (AvgIpc) is 3.05. The average molecular weight is 376 g/mol. The maximum atomic E-state index is 4.64. The summed E-state index contributed by atoms with van der Waals surface area (Å²) in [6, 6.07) is 24.2. The molecule has 0 unspecified atom stereocenters. The second-order valence-electron chi connectivity index (χ2n) is 5.46. The molecule has 24 heavy (non-hydrogen) atoms. The third-order valence-electron chi connectivity index (χ3n) is 3.75. The number of hydrogen-bond donors (Lipinski definition) is 1. The Morgan fingerprint density at radius 2 is 1.71 bits per heavy atom. The minimum atomic E-state index is 0.875. The van der Waals surface area contributed by atoms with Gasteiger partial charge in [-0.3, -0.25) is 4.99 Å². The van der Waals surface area contributed by atoms with Gasteiger partial charge in [-0.1, -0.05) is 58.4 Å². The Morgan fingerprint density at radius 1 is 0.917 bits per heavy atom. The highest BCUT2D eigenvalue weighted by molar-refractivity contribution is 9.10. The van der Waals surface area contributed by atoms with Gasteiger partial charge < -0.3 is 4.98 Å². The van der Waals surface area contributed by atoms with Gasteiger partial charge in [-0.2, -0.15) is 0 Å². The van der Waals surface area contributed by atoms with Crippen LogP contribution in [0.2, 0.25) is 0 Å². The van der Waals surface area contributed by atoms with E-state index in [4.69, 9.17) is 0 Å². The molecule has 0 fully saturated rings. The number of rotatable bonds is 3. The molecule has 0 aliphatic carbocycles. The van der Waals surface area contributed by atoms with E-state index in [0.29, 0.717) is 0 Å². The molecule has 0 aliphatic heterocycles. The summed E-state index contributed by atoms with van der Waals surface area (Å²) in [5.41, 5.74) is 4.96. The molecule has 4 aromatic rings. The largest absolute Gasteiger partial charge is 0.338 e. The highest BCUT2D eigenvalue weighted by Gasteiger charge is 2.05. The van der Waals surface area contributed by atoms with Gasteiger partial charge in [0.15, 0.2) is 0 Å². The van der Waals surface area contributed by atoms with E-state index < -0.39 is 0 Å². The van der Waals surface area contributed by atoms with Crippen LogP contribution in [-0.2, 0) is 0 Å². The molecule has 0 saturated carbocycles. The summed E-state index contributed by atoms with van der Waals surface area (Å²) in [7, 11) is 0. The molecule has 0 bridgehead atoms. The van der Waals surface area contributed by atoms with Crippen LogP contribution in [0.3, 0.4) is 0 Å². The van der Waals surface area contributed by atoms with E-state index in [1.807, 2.05) is 79.0 Å². The van der Waals surface area contributed by atoms with Gasteiger partial charge in [0.25, 0.3) is 0 Å². The molecule has 3 nitrogen and oxygen atoms in total. The SMILES string of the molecule is Brc1ccc(C=Nc2ccc3nc(-c4ccccc4)[nH]c3c2)cc1. The number of nitrogens with one attached hydrogen (secondary N) is 1. The fourth-order valence-corrected chi connectivity index (χ4v) is 2.77. The van der Waals surface area contributed by atoms with Crippen LogP contribution in [0.15, 0.2) is 82.3 Å². The number of hydrogen-bond acceptors (Lipinski definition) is 2. The second-order valence-corrected chi connectivity index (χ2v) is 6.38. The Labute approximate surface area is 148 Å². The van der Waals surface area contributed by atoms with Gasteiger partial charge in [-0.05, 0) is 35.9 Å². The predicted octanol–water partition coefficient (Wildman–Crippen LogP) is 5.74. The highest BCUT2D eigenvalue weighted by atomic mass is 79.9. The van der Waals surface area contributed by atoms with Gasteiger partial charge in [-0.25, -0.2) is 4.98 Å². The normalized spacial score (nSPS) is 11.4. The summed E-state index contributed by atoms with van der Waals surface area (Å²) >= 11 is 3.43. The number of aromatic amines is 1. The lowest BCUT2D eigenvalue weighted by atomic mass is 10.2. The number of aliphatic imine (C=N–C) groups is 1. The Bertz CT molecular complexity index is 1000. The topological polar surface area (TPSA) is 41.0 Å². The van der Waals surface area contributed by atoms with Gasteiger partial charge in [0.1, 0.15) is 5.82 Å². The lowest BCUT2D eigenvalue weighted by Crippen LogP contribution is -1.79. The molecule has 0 saturated heterocycles. The lowest BCUT2D eigenvalue weighted by Gasteiger charge is -1.95. The molecule has 0 spiro atoms. The van der Waals surface area contributed by atoms with Crippen LogP contribution in [0.25, 0.3) is 22.4 Å². The summed E-state index contributed by atoms with van der Waals surface area (Å²) in [6.07, 6.45) is 1.86. The van der Waals surface area contributed by atoms with E-state index in [2.05, 4.69) is 30.9 Å². The highest BCUT2D eigenvalue weighted by Crippen LogP contribution is 2.24. The van der Waals surface area contributed by atoms with E-state index in [-0.39, 0.29) is 0 Å². The number of halogens is 1. The van der Waals surface area contributed by atoms with Gasteiger partial charge in [0, 0.05) is 16.3 Å². The minimum Gasteiger partial charge on any atom is -0.338 e. The predicted molar refractivity (Wildman–Crippen MR) is 103 cm³/mol. The number of benzene rings is 3. The zero-order chi connectivity index (χ0) is 16.4. The van der Waals surface area contributed by atoms with Crippen LogP contribution >= 0.6 is 15.9 Å². The second kappa shape index (κ2) is 6.42. The smallest absolute Gasteiger partial charge is 0.138 e. The molecule has 3 aromatic carbocycles. The third kappa shape index (κ3) is 3.14. The number of imidazole rings is 1. The summed E-state index contributed by atoms with van der Waals surface area (Å²) in [4.78, 5) is 12.6. The Kier molecular flexibility index (Phi) is 3.97. The van der Waals surface area contributed by atoms with Crippen LogP contribution in [0.5, 0.6) is 0 Å². The van der Waals surface area contributed by atoms with E-state index >= 15 is 0 Å². The summed E-state index contributed by atoms with van der Waals surface area (Å²) in [5, 5.41) is 0. The molecule has 116 valence electrons. The molecule has 4 rings (SSSR count). The molecule has 0 aliphatic rings. The van der Waals surface area contributed by atoms with E-state index in [1.54, 1.807) is 0 Å². The Hall–Kier alpha value is -2.72. The Morgan fingerprint density at radius 3 is 2.50 bits per heavy atom. The van der Waals surface area contributed by atoms with E-state index in [0.717, 1.165) is 38.1 Å². The number of aromatic nitrogens is 2. The maximum Gasteiger partial charge on any atom is 0.138 e. The minimum absolute atomic E-state index is 0.875. The van der Waals surface area contributed by atoms with E-state index in [9.17, 15) is 0 Å². The standard InChI is InChI=1S/C20H14BrN3/c21-16-8-6-14(7-9-16)13-22-17-10-11-18-19(12-17)24-20(23-18)15-4-2-1-3-5-15/h1-13H,(H,23,24). The Balaban J connectivity index is 1.64. The molecule has 1 N–H and O–H groups in total. The molecule has 1 heterocycles. The first kappa shape index (κ1) is 14.8. The van der Waals surface area contributed by atoms with Crippen LogP contribution < -0.4 is 0 Å². The third-order valence-corrected chi connectivity index (χ3v) is 4.27. The van der Waals surface area contributed by atoms with Crippen molar-refractivity contribution in [3.63, 3.8) is 0 Å². The zero-order valence-electron chi connectivity index (χ0n) is 12.8. The van der Waals surface area contributed by atoms with Gasteiger partial charge >= 0.3 is 0 Å². The fourth-order valence-electron chi connectivity index (χ4n) is 2.51. The lowest BCUT2D eigenvalue weighted by molar-refractivity contribution is 1.34. The molecule has 0 radical (unpaired) electrons. The van der Waals surface area contributed by atoms with Crippen molar-refractivity contribution < 1.29 is 0 Å². The molecular weight excluding hydrogens is 362 g/mol.